The van der Waals surface area contributed by atoms with Gasteiger partial charge < -0.3 is 9.84 Å². The van der Waals surface area contributed by atoms with Crippen LogP contribution in [0, 0.1) is 6.92 Å². The largest absolute Gasteiger partial charge is 0.496 e. The number of carbonyl (C=O) groups is 1. The maximum atomic E-state index is 11.6. The van der Waals surface area contributed by atoms with Gasteiger partial charge in [0.2, 0.25) is 0 Å². The minimum Gasteiger partial charge on any atom is -0.496 e. The fraction of sp³-hybridized carbons (Fsp3) is 0.235. The van der Waals surface area contributed by atoms with Crippen molar-refractivity contribution in [3.05, 3.63) is 63.6 Å². The topological polar surface area (TPSA) is 46.5 Å². The molecule has 0 aliphatic carbocycles. The summed E-state index contributed by atoms with van der Waals surface area (Å²) in [6.07, 6.45) is 0.405. The van der Waals surface area contributed by atoms with Gasteiger partial charge in [0.15, 0.2) is 0 Å². The number of aliphatic carboxylic acids is 1. The van der Waals surface area contributed by atoms with Crippen molar-refractivity contribution in [1.29, 1.82) is 0 Å². The molecule has 21 heavy (non-hydrogen) atoms. The van der Waals surface area contributed by atoms with Crippen LogP contribution in [0.25, 0.3) is 0 Å². The summed E-state index contributed by atoms with van der Waals surface area (Å²) in [5, 5.41) is 9.54. The van der Waals surface area contributed by atoms with Gasteiger partial charge in [-0.25, -0.2) is 0 Å². The Labute approximate surface area is 132 Å². The third-order valence-electron chi connectivity index (χ3n) is 3.43. The number of benzene rings is 2. The fourth-order valence-electron chi connectivity index (χ4n) is 2.33. The van der Waals surface area contributed by atoms with Crippen LogP contribution in [0.4, 0.5) is 0 Å². The lowest BCUT2D eigenvalue weighted by molar-refractivity contribution is -0.138. The molecule has 0 radical (unpaired) electrons. The Kier molecular flexibility index (Phi) is 5.02. The molecule has 3 nitrogen and oxygen atoms in total. The smallest absolute Gasteiger partial charge is 0.311 e. The highest BCUT2D eigenvalue weighted by molar-refractivity contribution is 9.10. The van der Waals surface area contributed by atoms with Gasteiger partial charge >= 0.3 is 5.97 Å². The second-order valence-corrected chi connectivity index (χ2v) is 5.88. The maximum absolute atomic E-state index is 11.6. The lowest BCUT2D eigenvalue weighted by Crippen LogP contribution is -2.15. The molecule has 110 valence electrons. The predicted octanol–water partition coefficient (Wildman–Crippen LogP) is 4.18. The van der Waals surface area contributed by atoms with E-state index in [4.69, 9.17) is 4.74 Å². The second-order valence-electron chi connectivity index (χ2n) is 4.96. The third-order valence-corrected chi connectivity index (χ3v) is 3.96. The van der Waals surface area contributed by atoms with Gasteiger partial charge in [0.1, 0.15) is 5.75 Å². The summed E-state index contributed by atoms with van der Waals surface area (Å²) < 4.78 is 6.27. The van der Waals surface area contributed by atoms with E-state index in [1.807, 2.05) is 49.4 Å². The number of ether oxygens (including phenoxy) is 1. The molecule has 1 unspecified atom stereocenters. The van der Waals surface area contributed by atoms with E-state index in [-0.39, 0.29) is 0 Å². The number of hydrogen-bond donors (Lipinski definition) is 1. The quantitative estimate of drug-likeness (QED) is 0.881. The van der Waals surface area contributed by atoms with E-state index < -0.39 is 11.9 Å². The van der Waals surface area contributed by atoms with Gasteiger partial charge in [0.25, 0.3) is 0 Å². The minimum absolute atomic E-state index is 0.405. The zero-order valence-corrected chi connectivity index (χ0v) is 13.6. The van der Waals surface area contributed by atoms with Crippen molar-refractivity contribution in [3.8, 4) is 5.75 Å². The lowest BCUT2D eigenvalue weighted by Gasteiger charge is -2.16. The standard InChI is InChI=1S/C17H17BrO3/c1-11-3-8-16(21-2)13(9-11)10-15(17(19)20)12-4-6-14(18)7-5-12/h3-9,15H,10H2,1-2H3,(H,19,20). The number of hydrogen-bond acceptors (Lipinski definition) is 2. The molecule has 4 heteroatoms. The Hall–Kier alpha value is -1.81. The first kappa shape index (κ1) is 15.6. The molecule has 2 aromatic rings. The van der Waals surface area contributed by atoms with E-state index in [1.54, 1.807) is 7.11 Å². The minimum atomic E-state index is -0.833. The zero-order valence-electron chi connectivity index (χ0n) is 12.0. The molecule has 0 heterocycles. The molecule has 1 N–H and O–H groups in total. The molecular formula is C17H17BrO3. The van der Waals surface area contributed by atoms with Crippen molar-refractivity contribution in [3.63, 3.8) is 0 Å². The summed E-state index contributed by atoms with van der Waals surface area (Å²) in [5.41, 5.74) is 2.79. The first-order valence-corrected chi connectivity index (χ1v) is 7.42. The van der Waals surface area contributed by atoms with E-state index in [9.17, 15) is 9.90 Å². The van der Waals surface area contributed by atoms with Crippen LogP contribution in [-0.4, -0.2) is 18.2 Å². The van der Waals surface area contributed by atoms with Gasteiger partial charge in [-0.2, -0.15) is 0 Å². The Morgan fingerprint density at radius 3 is 2.48 bits per heavy atom. The molecule has 0 aliphatic heterocycles. The molecule has 1 atom stereocenters. The lowest BCUT2D eigenvalue weighted by atomic mass is 9.91. The highest BCUT2D eigenvalue weighted by Gasteiger charge is 2.22. The van der Waals surface area contributed by atoms with Gasteiger partial charge in [-0.3, -0.25) is 4.79 Å². The van der Waals surface area contributed by atoms with Crippen LogP contribution in [-0.2, 0) is 11.2 Å². The van der Waals surface area contributed by atoms with Gasteiger partial charge in [-0.05, 0) is 42.7 Å². The van der Waals surface area contributed by atoms with Gasteiger partial charge in [-0.15, -0.1) is 0 Å². The fourth-order valence-corrected chi connectivity index (χ4v) is 2.59. The Bertz CT molecular complexity index is 635. The van der Waals surface area contributed by atoms with Crippen molar-refractivity contribution in [2.45, 2.75) is 19.3 Å². The number of carboxylic acids is 1. The number of rotatable bonds is 5. The number of methoxy groups -OCH3 is 1. The molecule has 0 fully saturated rings. The van der Waals surface area contributed by atoms with Crippen molar-refractivity contribution in [2.24, 2.45) is 0 Å². The highest BCUT2D eigenvalue weighted by atomic mass is 79.9. The molecule has 0 amide bonds. The Morgan fingerprint density at radius 2 is 1.90 bits per heavy atom. The summed E-state index contributed by atoms with van der Waals surface area (Å²) in [6.45, 7) is 1.98. The molecule has 0 aliphatic rings. The summed E-state index contributed by atoms with van der Waals surface area (Å²) in [6, 6.07) is 13.2. The van der Waals surface area contributed by atoms with Gasteiger partial charge in [0, 0.05) is 4.47 Å². The molecule has 0 bridgehead atoms. The second kappa shape index (κ2) is 6.76. The van der Waals surface area contributed by atoms with Crippen molar-refractivity contribution in [2.75, 3.05) is 7.11 Å². The molecule has 0 spiro atoms. The maximum Gasteiger partial charge on any atom is 0.311 e. The zero-order chi connectivity index (χ0) is 15.4. The van der Waals surface area contributed by atoms with Crippen molar-refractivity contribution < 1.29 is 14.6 Å². The number of carboxylic acid groups (broad SMARTS) is 1. The normalized spacial score (nSPS) is 12.0. The number of halogens is 1. The van der Waals surface area contributed by atoms with E-state index in [2.05, 4.69) is 15.9 Å². The van der Waals surface area contributed by atoms with Crippen LogP contribution in [0.15, 0.2) is 46.9 Å². The summed E-state index contributed by atoms with van der Waals surface area (Å²) >= 11 is 3.36. The van der Waals surface area contributed by atoms with Crippen LogP contribution < -0.4 is 4.74 Å². The van der Waals surface area contributed by atoms with Gasteiger partial charge in [0.05, 0.1) is 13.0 Å². The van der Waals surface area contributed by atoms with Crippen LogP contribution in [0.3, 0.4) is 0 Å². The molecule has 2 aromatic carbocycles. The summed E-state index contributed by atoms with van der Waals surface area (Å²) in [7, 11) is 1.60. The highest BCUT2D eigenvalue weighted by Crippen LogP contribution is 2.28. The van der Waals surface area contributed by atoms with Crippen LogP contribution in [0.1, 0.15) is 22.6 Å². The predicted molar refractivity (Wildman–Crippen MR) is 86.0 cm³/mol. The molecule has 0 saturated carbocycles. The first-order valence-electron chi connectivity index (χ1n) is 6.63. The van der Waals surface area contributed by atoms with E-state index in [1.165, 1.54) is 0 Å². The van der Waals surface area contributed by atoms with E-state index >= 15 is 0 Å². The van der Waals surface area contributed by atoms with E-state index in [0.29, 0.717) is 6.42 Å². The van der Waals surface area contributed by atoms with Crippen LogP contribution >= 0.6 is 15.9 Å². The monoisotopic (exact) mass is 348 g/mol. The van der Waals surface area contributed by atoms with E-state index in [0.717, 1.165) is 26.9 Å². The summed E-state index contributed by atoms with van der Waals surface area (Å²) in [5.74, 6) is -0.696. The van der Waals surface area contributed by atoms with Crippen LogP contribution in [0.5, 0.6) is 5.75 Å². The van der Waals surface area contributed by atoms with Crippen LogP contribution in [0.2, 0.25) is 0 Å². The third kappa shape index (κ3) is 3.85. The van der Waals surface area contributed by atoms with Gasteiger partial charge in [-0.1, -0.05) is 45.8 Å². The molecular weight excluding hydrogens is 332 g/mol. The van der Waals surface area contributed by atoms with Crippen molar-refractivity contribution >= 4 is 21.9 Å². The summed E-state index contributed by atoms with van der Waals surface area (Å²) in [4.78, 5) is 11.6. The van der Waals surface area contributed by atoms with Crippen molar-refractivity contribution in [1.82, 2.24) is 0 Å². The average molecular weight is 349 g/mol. The Morgan fingerprint density at radius 1 is 1.24 bits per heavy atom. The SMILES string of the molecule is COc1ccc(C)cc1CC(C(=O)O)c1ccc(Br)cc1. The Balaban J connectivity index is 2.35. The number of aryl methyl sites for hydroxylation is 1. The average Bonchev–Trinajstić information content (AvgIpc) is 2.46. The molecule has 0 aromatic heterocycles. The molecule has 0 saturated heterocycles. The first-order chi connectivity index (χ1) is 10.0. The molecule has 2 rings (SSSR count).